The van der Waals surface area contributed by atoms with Crippen LogP contribution in [-0.4, -0.2) is 36.5 Å². The average molecular weight is 340 g/mol. The number of benzene rings is 2. The third kappa shape index (κ3) is 6.04. The van der Waals surface area contributed by atoms with E-state index in [0.29, 0.717) is 24.4 Å². The normalized spacial score (nSPS) is 10.5. The van der Waals surface area contributed by atoms with Crippen LogP contribution in [-0.2, 0) is 16.1 Å². The van der Waals surface area contributed by atoms with E-state index in [2.05, 4.69) is 22.3 Å². The zero-order valence-corrected chi connectivity index (χ0v) is 14.7. The standard InChI is InChI=1S/C20H24N2O3/c1-3-22(14-16-8-6-5-7-9-16)15-19(23)21-18-12-10-17(11-13-18)20(24)25-4-2/h5-13H,3-4,14-15H2,1-2H3,(H,21,23). The van der Waals surface area contributed by atoms with Gasteiger partial charge in [0.1, 0.15) is 0 Å². The molecule has 0 spiro atoms. The molecule has 0 heterocycles. The molecule has 2 aromatic carbocycles. The SMILES string of the molecule is CCOC(=O)c1ccc(NC(=O)CN(CC)Cc2ccccc2)cc1. The van der Waals surface area contributed by atoms with Gasteiger partial charge in [-0.15, -0.1) is 0 Å². The number of esters is 1. The summed E-state index contributed by atoms with van der Waals surface area (Å²) < 4.78 is 4.94. The molecule has 1 N–H and O–H groups in total. The molecule has 0 atom stereocenters. The summed E-state index contributed by atoms with van der Waals surface area (Å²) in [7, 11) is 0. The molecule has 0 fully saturated rings. The van der Waals surface area contributed by atoms with Gasteiger partial charge in [0.2, 0.25) is 5.91 Å². The Morgan fingerprint density at radius 3 is 2.28 bits per heavy atom. The summed E-state index contributed by atoms with van der Waals surface area (Å²) >= 11 is 0. The lowest BCUT2D eigenvalue weighted by molar-refractivity contribution is -0.117. The molecule has 25 heavy (non-hydrogen) atoms. The quantitative estimate of drug-likeness (QED) is 0.749. The number of hydrogen-bond acceptors (Lipinski definition) is 4. The molecule has 0 aliphatic heterocycles. The van der Waals surface area contributed by atoms with Crippen LogP contribution in [0.5, 0.6) is 0 Å². The molecule has 132 valence electrons. The Labute approximate surface area is 148 Å². The summed E-state index contributed by atoms with van der Waals surface area (Å²) in [4.78, 5) is 25.9. The van der Waals surface area contributed by atoms with Crippen LogP contribution < -0.4 is 5.32 Å². The second-order valence-corrected chi connectivity index (χ2v) is 5.63. The van der Waals surface area contributed by atoms with Crippen molar-refractivity contribution in [2.75, 3.05) is 25.0 Å². The highest BCUT2D eigenvalue weighted by Gasteiger charge is 2.11. The Bertz CT molecular complexity index is 684. The number of anilines is 1. The van der Waals surface area contributed by atoms with E-state index >= 15 is 0 Å². The monoisotopic (exact) mass is 340 g/mol. The van der Waals surface area contributed by atoms with Gasteiger partial charge >= 0.3 is 5.97 Å². The van der Waals surface area contributed by atoms with Gasteiger partial charge in [-0.05, 0) is 43.3 Å². The number of ether oxygens (including phenoxy) is 1. The van der Waals surface area contributed by atoms with Gasteiger partial charge in [-0.3, -0.25) is 9.69 Å². The number of carbonyl (C=O) groups is 2. The maximum Gasteiger partial charge on any atom is 0.338 e. The van der Waals surface area contributed by atoms with Crippen LogP contribution in [0.15, 0.2) is 54.6 Å². The molecule has 0 aliphatic rings. The molecule has 0 aromatic heterocycles. The highest BCUT2D eigenvalue weighted by atomic mass is 16.5. The first kappa shape index (κ1) is 18.7. The van der Waals surface area contributed by atoms with E-state index in [1.54, 1.807) is 31.2 Å². The zero-order chi connectivity index (χ0) is 18.1. The van der Waals surface area contributed by atoms with E-state index in [-0.39, 0.29) is 11.9 Å². The molecular weight excluding hydrogens is 316 g/mol. The summed E-state index contributed by atoms with van der Waals surface area (Å²) in [6.07, 6.45) is 0. The van der Waals surface area contributed by atoms with Gasteiger partial charge in [0, 0.05) is 12.2 Å². The Balaban J connectivity index is 1.89. The van der Waals surface area contributed by atoms with Crippen molar-refractivity contribution in [1.29, 1.82) is 0 Å². The van der Waals surface area contributed by atoms with Gasteiger partial charge < -0.3 is 10.1 Å². The molecule has 2 rings (SSSR count). The molecule has 0 aliphatic carbocycles. The fraction of sp³-hybridized carbons (Fsp3) is 0.300. The lowest BCUT2D eigenvalue weighted by Crippen LogP contribution is -2.32. The number of carbonyl (C=O) groups excluding carboxylic acids is 2. The smallest absolute Gasteiger partial charge is 0.338 e. The van der Waals surface area contributed by atoms with E-state index < -0.39 is 0 Å². The Kier molecular flexibility index (Phi) is 7.16. The molecular formula is C20H24N2O3. The molecule has 1 amide bonds. The number of nitrogens with one attached hydrogen (secondary N) is 1. The minimum absolute atomic E-state index is 0.0818. The van der Waals surface area contributed by atoms with Gasteiger partial charge in [-0.2, -0.15) is 0 Å². The molecule has 0 radical (unpaired) electrons. The molecule has 5 nitrogen and oxygen atoms in total. The highest BCUT2D eigenvalue weighted by Crippen LogP contribution is 2.11. The summed E-state index contributed by atoms with van der Waals surface area (Å²) in [5, 5.41) is 2.86. The van der Waals surface area contributed by atoms with Gasteiger partial charge in [0.15, 0.2) is 0 Å². The van der Waals surface area contributed by atoms with Gasteiger partial charge in [0.25, 0.3) is 0 Å². The first-order chi connectivity index (χ1) is 12.1. The minimum atomic E-state index is -0.361. The van der Waals surface area contributed by atoms with Crippen LogP contribution in [0.3, 0.4) is 0 Å². The lowest BCUT2D eigenvalue weighted by Gasteiger charge is -2.20. The maximum atomic E-state index is 12.2. The minimum Gasteiger partial charge on any atom is -0.462 e. The predicted octanol–water partition coefficient (Wildman–Crippen LogP) is 3.32. The van der Waals surface area contributed by atoms with Crippen molar-refractivity contribution in [1.82, 2.24) is 4.90 Å². The Hall–Kier alpha value is -2.66. The second-order valence-electron chi connectivity index (χ2n) is 5.63. The van der Waals surface area contributed by atoms with Gasteiger partial charge in [0.05, 0.1) is 18.7 Å². The summed E-state index contributed by atoms with van der Waals surface area (Å²) in [5.41, 5.74) is 2.31. The third-order valence-electron chi connectivity index (χ3n) is 3.74. The second kappa shape index (κ2) is 9.59. The number of amides is 1. The molecule has 2 aromatic rings. The molecule has 0 bridgehead atoms. The first-order valence-electron chi connectivity index (χ1n) is 8.45. The maximum absolute atomic E-state index is 12.2. The van der Waals surface area contributed by atoms with Crippen LogP contribution in [0.25, 0.3) is 0 Å². The number of nitrogens with zero attached hydrogens (tertiary/aromatic N) is 1. The van der Waals surface area contributed by atoms with E-state index in [9.17, 15) is 9.59 Å². The van der Waals surface area contributed by atoms with Crippen molar-refractivity contribution in [3.8, 4) is 0 Å². The molecule has 0 unspecified atom stereocenters. The number of rotatable bonds is 8. The van der Waals surface area contributed by atoms with Gasteiger partial charge in [-0.25, -0.2) is 4.79 Å². The van der Waals surface area contributed by atoms with Crippen molar-refractivity contribution in [2.24, 2.45) is 0 Å². The molecule has 0 saturated heterocycles. The van der Waals surface area contributed by atoms with Crippen molar-refractivity contribution in [3.05, 3.63) is 65.7 Å². The number of likely N-dealkylation sites (N-methyl/N-ethyl adjacent to an activating group) is 1. The summed E-state index contributed by atoms with van der Waals surface area (Å²) in [5.74, 6) is -0.443. The van der Waals surface area contributed by atoms with Crippen molar-refractivity contribution in [3.63, 3.8) is 0 Å². The fourth-order valence-electron chi connectivity index (χ4n) is 2.43. The van der Waals surface area contributed by atoms with E-state index in [0.717, 1.165) is 13.1 Å². The van der Waals surface area contributed by atoms with Crippen molar-refractivity contribution < 1.29 is 14.3 Å². The highest BCUT2D eigenvalue weighted by molar-refractivity contribution is 5.94. The third-order valence-corrected chi connectivity index (χ3v) is 3.74. The van der Waals surface area contributed by atoms with Crippen LogP contribution in [0.2, 0.25) is 0 Å². The van der Waals surface area contributed by atoms with E-state index in [4.69, 9.17) is 4.74 Å². The van der Waals surface area contributed by atoms with Crippen LogP contribution in [0.1, 0.15) is 29.8 Å². The van der Waals surface area contributed by atoms with Gasteiger partial charge in [-0.1, -0.05) is 37.3 Å². The zero-order valence-electron chi connectivity index (χ0n) is 14.7. The summed E-state index contributed by atoms with van der Waals surface area (Å²) in [6.45, 7) is 5.96. The first-order valence-corrected chi connectivity index (χ1v) is 8.45. The fourth-order valence-corrected chi connectivity index (χ4v) is 2.43. The van der Waals surface area contributed by atoms with Crippen LogP contribution in [0.4, 0.5) is 5.69 Å². The van der Waals surface area contributed by atoms with E-state index in [1.165, 1.54) is 5.56 Å². The van der Waals surface area contributed by atoms with E-state index in [1.807, 2.05) is 25.1 Å². The topological polar surface area (TPSA) is 58.6 Å². The lowest BCUT2D eigenvalue weighted by atomic mass is 10.2. The Morgan fingerprint density at radius 1 is 1.00 bits per heavy atom. The average Bonchev–Trinajstić information content (AvgIpc) is 2.62. The van der Waals surface area contributed by atoms with Crippen LogP contribution >= 0.6 is 0 Å². The van der Waals surface area contributed by atoms with Crippen LogP contribution in [0, 0.1) is 0 Å². The Morgan fingerprint density at radius 2 is 1.68 bits per heavy atom. The summed E-state index contributed by atoms with van der Waals surface area (Å²) in [6, 6.07) is 16.8. The van der Waals surface area contributed by atoms with Crippen molar-refractivity contribution >= 4 is 17.6 Å². The number of hydrogen-bond donors (Lipinski definition) is 1. The molecule has 5 heteroatoms. The largest absolute Gasteiger partial charge is 0.462 e. The molecule has 0 saturated carbocycles. The van der Waals surface area contributed by atoms with Crippen molar-refractivity contribution in [2.45, 2.75) is 20.4 Å². The predicted molar refractivity (Wildman–Crippen MR) is 98.4 cm³/mol.